The van der Waals surface area contributed by atoms with Gasteiger partial charge in [0.25, 0.3) is 11.5 Å². The monoisotopic (exact) mass is 391 g/mol. The molecule has 0 aliphatic heterocycles. The zero-order valence-corrected chi connectivity index (χ0v) is 16.4. The molecule has 0 unspecified atom stereocenters. The van der Waals surface area contributed by atoms with Crippen LogP contribution < -0.4 is 16.6 Å². The van der Waals surface area contributed by atoms with E-state index in [4.69, 9.17) is 5.26 Å². The van der Waals surface area contributed by atoms with Crippen LogP contribution in [0.2, 0.25) is 0 Å². The van der Waals surface area contributed by atoms with Gasteiger partial charge in [0, 0.05) is 17.9 Å². The fourth-order valence-corrected chi connectivity index (χ4v) is 3.06. The van der Waals surface area contributed by atoms with Gasteiger partial charge >= 0.3 is 5.69 Å². The lowest BCUT2D eigenvalue weighted by molar-refractivity contribution is 0.102. The van der Waals surface area contributed by atoms with Gasteiger partial charge in [-0.25, -0.2) is 9.78 Å². The van der Waals surface area contributed by atoms with Crippen LogP contribution in [-0.4, -0.2) is 20.4 Å². The molecule has 2 N–H and O–H groups in total. The van der Waals surface area contributed by atoms with Crippen molar-refractivity contribution in [3.8, 4) is 6.07 Å². The van der Waals surface area contributed by atoms with Crippen molar-refractivity contribution in [2.75, 3.05) is 5.32 Å². The summed E-state index contributed by atoms with van der Waals surface area (Å²) in [6.45, 7) is 6.11. The van der Waals surface area contributed by atoms with Gasteiger partial charge in [0.05, 0.1) is 22.6 Å². The van der Waals surface area contributed by atoms with Crippen LogP contribution in [0.25, 0.3) is 11.0 Å². The molecule has 0 aliphatic rings. The number of aryl methyl sites for hydroxylation is 1. The SMILES string of the molecule is CCCn1c(=O)[nH]c(=O)c2c(C(=O)Nc3cccc(C#N)c3)cc(C(C)C)nc21. The number of amides is 1. The van der Waals surface area contributed by atoms with Crippen LogP contribution >= 0.6 is 0 Å². The molecule has 0 saturated carbocycles. The third kappa shape index (κ3) is 3.94. The number of carbonyl (C=O) groups is 1. The fraction of sp³-hybridized carbons (Fsp3) is 0.286. The second kappa shape index (κ2) is 8.10. The van der Waals surface area contributed by atoms with Gasteiger partial charge in [0.2, 0.25) is 0 Å². The molecule has 2 heterocycles. The van der Waals surface area contributed by atoms with Crippen LogP contribution in [-0.2, 0) is 6.54 Å². The van der Waals surface area contributed by atoms with E-state index >= 15 is 0 Å². The third-order valence-electron chi connectivity index (χ3n) is 4.50. The van der Waals surface area contributed by atoms with Crippen molar-refractivity contribution in [1.82, 2.24) is 14.5 Å². The molecule has 0 saturated heterocycles. The Morgan fingerprint density at radius 1 is 1.31 bits per heavy atom. The first-order chi connectivity index (χ1) is 13.8. The molecule has 0 aliphatic carbocycles. The lowest BCUT2D eigenvalue weighted by Crippen LogP contribution is -2.32. The highest BCUT2D eigenvalue weighted by molar-refractivity contribution is 6.11. The summed E-state index contributed by atoms with van der Waals surface area (Å²) in [7, 11) is 0. The molecule has 0 spiro atoms. The van der Waals surface area contributed by atoms with Crippen LogP contribution in [0.3, 0.4) is 0 Å². The molecule has 2 aromatic heterocycles. The van der Waals surface area contributed by atoms with E-state index < -0.39 is 17.2 Å². The lowest BCUT2D eigenvalue weighted by Gasteiger charge is -2.14. The first-order valence-corrected chi connectivity index (χ1v) is 9.35. The summed E-state index contributed by atoms with van der Waals surface area (Å²) in [5.41, 5.74) is 0.559. The maximum Gasteiger partial charge on any atom is 0.329 e. The van der Waals surface area contributed by atoms with E-state index in [1.165, 1.54) is 4.57 Å². The normalized spacial score (nSPS) is 10.9. The van der Waals surface area contributed by atoms with Crippen LogP contribution in [0, 0.1) is 11.3 Å². The minimum absolute atomic E-state index is 0.0164. The molecule has 8 nitrogen and oxygen atoms in total. The maximum absolute atomic E-state index is 13.0. The number of hydrogen-bond acceptors (Lipinski definition) is 5. The van der Waals surface area contributed by atoms with Gasteiger partial charge in [0.15, 0.2) is 5.65 Å². The average molecular weight is 391 g/mol. The number of nitrogens with one attached hydrogen (secondary N) is 2. The van der Waals surface area contributed by atoms with Crippen molar-refractivity contribution < 1.29 is 4.79 Å². The highest BCUT2D eigenvalue weighted by atomic mass is 16.2. The summed E-state index contributed by atoms with van der Waals surface area (Å²) in [5.74, 6) is -0.529. The average Bonchev–Trinajstić information content (AvgIpc) is 2.70. The summed E-state index contributed by atoms with van der Waals surface area (Å²) < 4.78 is 1.38. The van der Waals surface area contributed by atoms with Crippen molar-refractivity contribution in [2.45, 2.75) is 39.7 Å². The number of rotatable bonds is 5. The van der Waals surface area contributed by atoms with Crippen LogP contribution in [0.4, 0.5) is 5.69 Å². The highest BCUT2D eigenvalue weighted by Gasteiger charge is 2.20. The van der Waals surface area contributed by atoms with E-state index in [1.54, 1.807) is 30.3 Å². The van der Waals surface area contributed by atoms with E-state index in [9.17, 15) is 14.4 Å². The molecule has 1 aromatic carbocycles. The summed E-state index contributed by atoms with van der Waals surface area (Å²) >= 11 is 0. The number of pyridine rings is 1. The largest absolute Gasteiger partial charge is 0.329 e. The lowest BCUT2D eigenvalue weighted by atomic mass is 10.0. The van der Waals surface area contributed by atoms with Crippen molar-refractivity contribution in [3.05, 3.63) is 68.0 Å². The van der Waals surface area contributed by atoms with Crippen LogP contribution in [0.5, 0.6) is 0 Å². The van der Waals surface area contributed by atoms with E-state index in [2.05, 4.69) is 15.3 Å². The number of anilines is 1. The first kappa shape index (κ1) is 20.0. The molecule has 3 aromatic rings. The molecule has 0 radical (unpaired) electrons. The number of benzene rings is 1. The van der Waals surface area contributed by atoms with Gasteiger partial charge in [-0.15, -0.1) is 0 Å². The Labute approximate surface area is 166 Å². The van der Waals surface area contributed by atoms with Crippen molar-refractivity contribution >= 4 is 22.6 Å². The predicted octanol–water partition coefficient (Wildman–Crippen LogP) is 2.74. The summed E-state index contributed by atoms with van der Waals surface area (Å²) in [6.07, 6.45) is 0.664. The molecule has 0 fully saturated rings. The quantitative estimate of drug-likeness (QED) is 0.693. The Morgan fingerprint density at radius 3 is 2.72 bits per heavy atom. The Morgan fingerprint density at radius 2 is 2.07 bits per heavy atom. The van der Waals surface area contributed by atoms with E-state index in [0.29, 0.717) is 29.9 Å². The summed E-state index contributed by atoms with van der Waals surface area (Å²) in [5, 5.41) is 11.8. The van der Waals surface area contributed by atoms with Crippen LogP contribution in [0.15, 0.2) is 39.9 Å². The molecule has 148 valence electrons. The number of aromatic amines is 1. The van der Waals surface area contributed by atoms with E-state index in [0.717, 1.165) is 0 Å². The molecule has 1 amide bonds. The van der Waals surface area contributed by atoms with Gasteiger partial charge in [0.1, 0.15) is 0 Å². The minimum Gasteiger partial charge on any atom is -0.322 e. The number of aromatic nitrogens is 3. The molecule has 29 heavy (non-hydrogen) atoms. The van der Waals surface area contributed by atoms with Gasteiger partial charge < -0.3 is 5.32 Å². The molecule has 8 heteroatoms. The highest BCUT2D eigenvalue weighted by Crippen LogP contribution is 2.21. The van der Waals surface area contributed by atoms with Crippen molar-refractivity contribution in [2.24, 2.45) is 0 Å². The Kier molecular flexibility index (Phi) is 5.59. The fourth-order valence-electron chi connectivity index (χ4n) is 3.06. The van der Waals surface area contributed by atoms with Crippen LogP contribution in [0.1, 0.15) is 54.7 Å². The zero-order valence-electron chi connectivity index (χ0n) is 16.4. The number of nitrogens with zero attached hydrogens (tertiary/aromatic N) is 3. The van der Waals surface area contributed by atoms with Gasteiger partial charge in [-0.1, -0.05) is 26.8 Å². The number of carbonyl (C=O) groups excluding carboxylic acids is 1. The molecule has 0 bridgehead atoms. The topological polar surface area (TPSA) is 121 Å². The van der Waals surface area contributed by atoms with E-state index in [1.807, 2.05) is 26.8 Å². The number of H-pyrrole nitrogens is 1. The van der Waals surface area contributed by atoms with E-state index in [-0.39, 0.29) is 22.5 Å². The maximum atomic E-state index is 13.0. The second-order valence-electron chi connectivity index (χ2n) is 7.01. The first-order valence-electron chi connectivity index (χ1n) is 9.35. The third-order valence-corrected chi connectivity index (χ3v) is 4.50. The van der Waals surface area contributed by atoms with Gasteiger partial charge in [-0.2, -0.15) is 5.26 Å². The predicted molar refractivity (Wildman–Crippen MR) is 110 cm³/mol. The molecule has 0 atom stereocenters. The number of hydrogen-bond donors (Lipinski definition) is 2. The summed E-state index contributed by atoms with van der Waals surface area (Å²) in [6, 6.07) is 10.1. The van der Waals surface area contributed by atoms with Crippen molar-refractivity contribution in [3.63, 3.8) is 0 Å². The Balaban J connectivity index is 2.24. The Hall–Kier alpha value is -3.73. The summed E-state index contributed by atoms with van der Waals surface area (Å²) in [4.78, 5) is 44.7. The van der Waals surface area contributed by atoms with Crippen molar-refractivity contribution in [1.29, 1.82) is 5.26 Å². The zero-order chi connectivity index (χ0) is 21.1. The second-order valence-corrected chi connectivity index (χ2v) is 7.01. The van der Waals surface area contributed by atoms with Gasteiger partial charge in [-0.3, -0.25) is 19.1 Å². The standard InChI is InChI=1S/C21H21N5O3/c1-4-8-26-18-17(20(28)25-21(26)29)15(10-16(24-18)12(2)3)19(27)23-14-7-5-6-13(9-14)11-22/h5-7,9-10,12H,4,8H2,1-3H3,(H,23,27)(H,25,28,29). The minimum atomic E-state index is -0.656. The molecule has 3 rings (SSSR count). The Bertz CT molecular complexity index is 1250. The smallest absolute Gasteiger partial charge is 0.322 e. The van der Waals surface area contributed by atoms with Gasteiger partial charge in [-0.05, 0) is 36.6 Å². The number of fused-ring (bicyclic) bond motifs is 1. The molecular weight excluding hydrogens is 370 g/mol. The number of nitriles is 1. The molecular formula is C21H21N5O3.